The number of carbonyl (C=O) groups is 1. The van der Waals surface area contributed by atoms with E-state index < -0.39 is 11.4 Å². The Kier molecular flexibility index (Phi) is 2.19. The van der Waals surface area contributed by atoms with Crippen molar-refractivity contribution in [2.24, 2.45) is 10.8 Å². The molecule has 0 aliphatic heterocycles. The van der Waals surface area contributed by atoms with Gasteiger partial charge in [-0.1, -0.05) is 20.3 Å². The zero-order valence-electron chi connectivity index (χ0n) is 8.18. The van der Waals surface area contributed by atoms with Gasteiger partial charge in [-0.05, 0) is 31.6 Å². The molecular formula is C10H18O2. The minimum atomic E-state index is -0.625. The molecule has 1 aliphatic carbocycles. The van der Waals surface area contributed by atoms with Gasteiger partial charge in [-0.2, -0.15) is 0 Å². The lowest BCUT2D eigenvalue weighted by molar-refractivity contribution is -0.148. The molecule has 2 atom stereocenters. The van der Waals surface area contributed by atoms with E-state index in [2.05, 4.69) is 13.8 Å². The Bertz CT molecular complexity index is 200. The van der Waals surface area contributed by atoms with Gasteiger partial charge in [0.2, 0.25) is 0 Å². The minimum Gasteiger partial charge on any atom is -0.481 e. The summed E-state index contributed by atoms with van der Waals surface area (Å²) in [4.78, 5) is 10.9. The van der Waals surface area contributed by atoms with Crippen molar-refractivity contribution in [3.8, 4) is 0 Å². The van der Waals surface area contributed by atoms with Crippen molar-refractivity contribution >= 4 is 5.97 Å². The van der Waals surface area contributed by atoms with Crippen molar-refractivity contribution < 1.29 is 9.90 Å². The molecule has 1 N–H and O–H groups in total. The molecule has 2 unspecified atom stereocenters. The Morgan fingerprint density at radius 1 is 1.42 bits per heavy atom. The summed E-state index contributed by atoms with van der Waals surface area (Å²) in [6, 6.07) is 0. The van der Waals surface area contributed by atoms with E-state index >= 15 is 0 Å². The van der Waals surface area contributed by atoms with Crippen molar-refractivity contribution in [1.29, 1.82) is 0 Å². The van der Waals surface area contributed by atoms with E-state index in [-0.39, 0.29) is 5.41 Å². The van der Waals surface area contributed by atoms with Gasteiger partial charge in [0.25, 0.3) is 0 Å². The fourth-order valence-corrected chi connectivity index (χ4v) is 2.18. The predicted octanol–water partition coefficient (Wildman–Crippen LogP) is 2.68. The van der Waals surface area contributed by atoms with Crippen LogP contribution < -0.4 is 0 Å². The van der Waals surface area contributed by atoms with E-state index in [1.165, 1.54) is 0 Å². The maximum atomic E-state index is 10.9. The molecule has 2 heteroatoms. The second-order valence-electron chi connectivity index (χ2n) is 4.71. The maximum Gasteiger partial charge on any atom is 0.309 e. The average Bonchev–Trinajstić information content (AvgIpc) is 2.30. The van der Waals surface area contributed by atoms with Crippen molar-refractivity contribution in [3.63, 3.8) is 0 Å². The molecule has 0 aromatic heterocycles. The molecule has 0 aromatic carbocycles. The lowest BCUT2D eigenvalue weighted by Crippen LogP contribution is -2.25. The molecule has 0 spiro atoms. The summed E-state index contributed by atoms with van der Waals surface area (Å²) in [5.41, 5.74) is -0.183. The quantitative estimate of drug-likeness (QED) is 0.691. The van der Waals surface area contributed by atoms with Gasteiger partial charge in [0.15, 0.2) is 0 Å². The fraction of sp³-hybridized carbons (Fsp3) is 0.900. The summed E-state index contributed by atoms with van der Waals surface area (Å²) >= 11 is 0. The van der Waals surface area contributed by atoms with Gasteiger partial charge >= 0.3 is 5.97 Å². The first-order valence-corrected chi connectivity index (χ1v) is 4.65. The second-order valence-corrected chi connectivity index (χ2v) is 4.71. The van der Waals surface area contributed by atoms with Crippen molar-refractivity contribution in [2.75, 3.05) is 0 Å². The molecule has 1 saturated carbocycles. The third kappa shape index (κ3) is 1.47. The SMILES string of the molecule is CCC1(C)CCC(C)(C(=O)O)C1. The number of carboxylic acid groups (broad SMARTS) is 1. The van der Waals surface area contributed by atoms with Gasteiger partial charge in [-0.25, -0.2) is 0 Å². The molecule has 1 rings (SSSR count). The second kappa shape index (κ2) is 2.75. The third-order valence-electron chi connectivity index (χ3n) is 3.47. The number of aliphatic carboxylic acids is 1. The van der Waals surface area contributed by atoms with Gasteiger partial charge in [-0.15, -0.1) is 0 Å². The zero-order chi connectivity index (χ0) is 9.41. The largest absolute Gasteiger partial charge is 0.481 e. The van der Waals surface area contributed by atoms with E-state index in [0.29, 0.717) is 0 Å². The Balaban J connectivity index is 2.73. The van der Waals surface area contributed by atoms with Gasteiger partial charge in [-0.3, -0.25) is 4.79 Å². The van der Waals surface area contributed by atoms with Gasteiger partial charge in [0.1, 0.15) is 0 Å². The van der Waals surface area contributed by atoms with Crippen LogP contribution in [0, 0.1) is 10.8 Å². The van der Waals surface area contributed by atoms with Crippen LogP contribution in [0.25, 0.3) is 0 Å². The highest BCUT2D eigenvalue weighted by Gasteiger charge is 2.46. The Morgan fingerprint density at radius 2 is 2.00 bits per heavy atom. The third-order valence-corrected chi connectivity index (χ3v) is 3.47. The first-order chi connectivity index (χ1) is 5.42. The van der Waals surface area contributed by atoms with Crippen LogP contribution in [-0.4, -0.2) is 11.1 Å². The molecular weight excluding hydrogens is 152 g/mol. The van der Waals surface area contributed by atoms with Gasteiger partial charge in [0.05, 0.1) is 5.41 Å². The van der Waals surface area contributed by atoms with E-state index in [0.717, 1.165) is 25.7 Å². The summed E-state index contributed by atoms with van der Waals surface area (Å²) in [6.07, 6.45) is 3.83. The van der Waals surface area contributed by atoms with E-state index in [1.807, 2.05) is 6.92 Å². The molecule has 0 bridgehead atoms. The molecule has 12 heavy (non-hydrogen) atoms. The van der Waals surface area contributed by atoms with Crippen molar-refractivity contribution in [3.05, 3.63) is 0 Å². The van der Waals surface area contributed by atoms with Gasteiger partial charge in [0, 0.05) is 0 Å². The number of hydrogen-bond donors (Lipinski definition) is 1. The summed E-state index contributed by atoms with van der Waals surface area (Å²) < 4.78 is 0. The van der Waals surface area contributed by atoms with Crippen LogP contribution in [0.3, 0.4) is 0 Å². The van der Waals surface area contributed by atoms with Crippen LogP contribution in [0.5, 0.6) is 0 Å². The standard InChI is InChI=1S/C10H18O2/c1-4-9(2)5-6-10(3,7-9)8(11)12/h4-7H2,1-3H3,(H,11,12). The molecule has 2 nitrogen and oxygen atoms in total. The Morgan fingerprint density at radius 3 is 2.25 bits per heavy atom. The van der Waals surface area contributed by atoms with Crippen molar-refractivity contribution in [2.45, 2.75) is 46.5 Å². The van der Waals surface area contributed by atoms with Crippen LogP contribution in [-0.2, 0) is 4.79 Å². The highest BCUT2D eigenvalue weighted by Crippen LogP contribution is 2.50. The number of hydrogen-bond acceptors (Lipinski definition) is 1. The van der Waals surface area contributed by atoms with E-state index in [1.54, 1.807) is 0 Å². The van der Waals surface area contributed by atoms with E-state index in [9.17, 15) is 4.79 Å². The fourth-order valence-electron chi connectivity index (χ4n) is 2.18. The molecule has 0 amide bonds. The van der Waals surface area contributed by atoms with Crippen LogP contribution in [0.2, 0.25) is 0 Å². The van der Waals surface area contributed by atoms with Crippen molar-refractivity contribution in [1.82, 2.24) is 0 Å². The van der Waals surface area contributed by atoms with Crippen LogP contribution >= 0.6 is 0 Å². The highest BCUT2D eigenvalue weighted by molar-refractivity contribution is 5.74. The average molecular weight is 170 g/mol. The Hall–Kier alpha value is -0.530. The van der Waals surface area contributed by atoms with E-state index in [4.69, 9.17) is 5.11 Å². The lowest BCUT2D eigenvalue weighted by Gasteiger charge is -2.24. The molecule has 0 radical (unpaired) electrons. The summed E-state index contributed by atoms with van der Waals surface area (Å²) in [7, 11) is 0. The smallest absolute Gasteiger partial charge is 0.309 e. The first kappa shape index (κ1) is 9.56. The Labute approximate surface area is 74.0 Å². The first-order valence-electron chi connectivity index (χ1n) is 4.65. The minimum absolute atomic E-state index is 0.271. The summed E-state index contributed by atoms with van der Waals surface area (Å²) in [6.45, 7) is 6.21. The van der Waals surface area contributed by atoms with Gasteiger partial charge < -0.3 is 5.11 Å². The topological polar surface area (TPSA) is 37.3 Å². The zero-order valence-corrected chi connectivity index (χ0v) is 8.18. The summed E-state index contributed by atoms with van der Waals surface area (Å²) in [5.74, 6) is -0.625. The van der Waals surface area contributed by atoms with Crippen LogP contribution in [0.15, 0.2) is 0 Å². The maximum absolute atomic E-state index is 10.9. The van der Waals surface area contributed by atoms with Crippen LogP contribution in [0.1, 0.15) is 46.5 Å². The number of carboxylic acids is 1. The lowest BCUT2D eigenvalue weighted by atomic mass is 9.80. The molecule has 0 aromatic rings. The molecule has 0 saturated heterocycles. The number of rotatable bonds is 2. The van der Waals surface area contributed by atoms with Crippen LogP contribution in [0.4, 0.5) is 0 Å². The normalized spacial score (nSPS) is 41.6. The summed E-state index contributed by atoms with van der Waals surface area (Å²) in [5, 5.41) is 9.00. The molecule has 0 heterocycles. The monoisotopic (exact) mass is 170 g/mol. The molecule has 70 valence electrons. The molecule has 1 fully saturated rings. The highest BCUT2D eigenvalue weighted by atomic mass is 16.4. The predicted molar refractivity (Wildman–Crippen MR) is 48.0 cm³/mol. The molecule has 1 aliphatic rings.